The molecule has 0 saturated carbocycles. The van der Waals surface area contributed by atoms with Gasteiger partial charge in [0.25, 0.3) is 0 Å². The Morgan fingerprint density at radius 1 is 1.10 bits per heavy atom. The third-order valence-corrected chi connectivity index (χ3v) is 3.21. The van der Waals surface area contributed by atoms with E-state index in [1.165, 1.54) is 5.56 Å². The van der Waals surface area contributed by atoms with Crippen molar-refractivity contribution in [2.24, 2.45) is 0 Å². The number of rotatable bonds is 7. The van der Waals surface area contributed by atoms with E-state index in [0.29, 0.717) is 6.61 Å². The monoisotopic (exact) mass is 286 g/mol. The molecule has 1 N–H and O–H groups in total. The molecule has 0 amide bonds. The second-order valence-corrected chi connectivity index (χ2v) is 4.65. The number of hydrogen-bond donors (Lipinski definition) is 1. The summed E-state index contributed by atoms with van der Waals surface area (Å²) in [5.74, 6) is 1.65. The average Bonchev–Trinajstić information content (AvgIpc) is 2.53. The summed E-state index contributed by atoms with van der Waals surface area (Å²) >= 11 is 0. The fourth-order valence-corrected chi connectivity index (χ4v) is 2.20. The minimum Gasteiger partial charge on any atom is -0.497 e. The van der Waals surface area contributed by atoms with E-state index in [4.69, 9.17) is 9.47 Å². The maximum absolute atomic E-state index is 5.53. The van der Waals surface area contributed by atoms with Gasteiger partial charge in [0.05, 0.1) is 19.9 Å². The van der Waals surface area contributed by atoms with E-state index in [2.05, 4.69) is 29.4 Å². The van der Waals surface area contributed by atoms with Crippen LogP contribution in [0.5, 0.6) is 11.5 Å². The smallest absolute Gasteiger partial charge is 0.138 e. The minimum absolute atomic E-state index is 0.637. The Morgan fingerprint density at radius 3 is 2.67 bits per heavy atom. The van der Waals surface area contributed by atoms with Gasteiger partial charge in [-0.05, 0) is 42.8 Å². The van der Waals surface area contributed by atoms with Gasteiger partial charge in [0.15, 0.2) is 0 Å². The van der Waals surface area contributed by atoms with E-state index < -0.39 is 0 Å². The molecule has 0 saturated heterocycles. The molecule has 0 aliphatic carbocycles. The van der Waals surface area contributed by atoms with E-state index in [9.17, 15) is 0 Å². The molecule has 4 heteroatoms. The summed E-state index contributed by atoms with van der Waals surface area (Å²) in [4.78, 5) is 4.27. The van der Waals surface area contributed by atoms with Crippen LogP contribution in [0, 0.1) is 0 Å². The summed E-state index contributed by atoms with van der Waals surface area (Å²) in [6.45, 7) is 6.42. The molecule has 0 aliphatic rings. The van der Waals surface area contributed by atoms with Crippen molar-refractivity contribution in [1.29, 1.82) is 0 Å². The van der Waals surface area contributed by atoms with Crippen LogP contribution in [-0.2, 0) is 6.54 Å². The lowest BCUT2D eigenvalue weighted by Crippen LogP contribution is -2.12. The quantitative estimate of drug-likeness (QED) is 0.848. The van der Waals surface area contributed by atoms with Crippen LogP contribution in [0.3, 0.4) is 0 Å². The second kappa shape index (κ2) is 7.64. The summed E-state index contributed by atoms with van der Waals surface area (Å²) in [5.41, 5.74) is 3.38. The normalized spacial score (nSPS) is 10.4. The van der Waals surface area contributed by atoms with Crippen molar-refractivity contribution in [3.63, 3.8) is 0 Å². The highest BCUT2D eigenvalue weighted by Crippen LogP contribution is 2.29. The SMILES string of the molecule is CCNCc1cc(OC)ccc1-c1cncc(OCC)c1. The van der Waals surface area contributed by atoms with E-state index in [0.717, 1.165) is 35.7 Å². The molecular weight excluding hydrogens is 264 g/mol. The Morgan fingerprint density at radius 2 is 1.95 bits per heavy atom. The number of ether oxygens (including phenoxy) is 2. The third-order valence-electron chi connectivity index (χ3n) is 3.21. The highest BCUT2D eigenvalue weighted by molar-refractivity contribution is 5.68. The molecule has 21 heavy (non-hydrogen) atoms. The Kier molecular flexibility index (Phi) is 5.58. The van der Waals surface area contributed by atoms with Crippen molar-refractivity contribution < 1.29 is 9.47 Å². The van der Waals surface area contributed by atoms with Crippen LogP contribution in [-0.4, -0.2) is 25.2 Å². The lowest BCUT2D eigenvalue weighted by molar-refractivity contribution is 0.339. The van der Waals surface area contributed by atoms with E-state index >= 15 is 0 Å². The van der Waals surface area contributed by atoms with Gasteiger partial charge in [-0.1, -0.05) is 13.0 Å². The van der Waals surface area contributed by atoms with E-state index in [-0.39, 0.29) is 0 Å². The molecule has 0 aliphatic heterocycles. The van der Waals surface area contributed by atoms with Gasteiger partial charge in [0.2, 0.25) is 0 Å². The zero-order valence-electron chi connectivity index (χ0n) is 12.8. The first kappa shape index (κ1) is 15.3. The molecule has 0 atom stereocenters. The van der Waals surface area contributed by atoms with Crippen molar-refractivity contribution in [1.82, 2.24) is 10.3 Å². The van der Waals surface area contributed by atoms with Crippen LogP contribution in [0.1, 0.15) is 19.4 Å². The molecule has 1 aromatic carbocycles. The molecule has 112 valence electrons. The van der Waals surface area contributed by atoms with E-state index in [1.54, 1.807) is 13.3 Å². The van der Waals surface area contributed by atoms with Crippen molar-refractivity contribution in [3.05, 3.63) is 42.2 Å². The van der Waals surface area contributed by atoms with Gasteiger partial charge in [-0.2, -0.15) is 0 Å². The number of benzene rings is 1. The standard InChI is InChI=1S/C17H22N2O2/c1-4-18-10-13-8-15(20-3)6-7-17(13)14-9-16(21-5-2)12-19-11-14/h6-9,11-12,18H,4-5,10H2,1-3H3. The number of methoxy groups -OCH3 is 1. The molecule has 4 nitrogen and oxygen atoms in total. The van der Waals surface area contributed by atoms with Crippen LogP contribution >= 0.6 is 0 Å². The Balaban J connectivity index is 2.39. The molecular formula is C17H22N2O2. The fraction of sp³-hybridized carbons (Fsp3) is 0.353. The number of nitrogens with zero attached hydrogens (tertiary/aromatic N) is 1. The molecule has 0 fully saturated rings. The molecule has 1 aromatic heterocycles. The van der Waals surface area contributed by atoms with Gasteiger partial charge >= 0.3 is 0 Å². The first-order chi connectivity index (χ1) is 10.3. The second-order valence-electron chi connectivity index (χ2n) is 4.65. The lowest BCUT2D eigenvalue weighted by Gasteiger charge is -2.13. The van der Waals surface area contributed by atoms with Crippen LogP contribution in [0.4, 0.5) is 0 Å². The number of pyridine rings is 1. The number of nitrogens with one attached hydrogen (secondary N) is 1. The number of aromatic nitrogens is 1. The minimum atomic E-state index is 0.637. The average molecular weight is 286 g/mol. The Hall–Kier alpha value is -2.07. The number of hydrogen-bond acceptors (Lipinski definition) is 4. The highest BCUT2D eigenvalue weighted by atomic mass is 16.5. The van der Waals surface area contributed by atoms with Gasteiger partial charge < -0.3 is 14.8 Å². The van der Waals surface area contributed by atoms with Gasteiger partial charge in [-0.15, -0.1) is 0 Å². The van der Waals surface area contributed by atoms with Crippen molar-refractivity contribution in [2.75, 3.05) is 20.3 Å². The predicted octanol–water partition coefficient (Wildman–Crippen LogP) is 3.27. The third kappa shape index (κ3) is 3.95. The zero-order valence-corrected chi connectivity index (χ0v) is 12.8. The first-order valence-corrected chi connectivity index (χ1v) is 7.24. The summed E-state index contributed by atoms with van der Waals surface area (Å²) in [6.07, 6.45) is 3.60. The largest absolute Gasteiger partial charge is 0.497 e. The first-order valence-electron chi connectivity index (χ1n) is 7.24. The summed E-state index contributed by atoms with van der Waals surface area (Å²) in [5, 5.41) is 3.36. The fourth-order valence-electron chi connectivity index (χ4n) is 2.20. The van der Waals surface area contributed by atoms with Crippen molar-refractivity contribution >= 4 is 0 Å². The van der Waals surface area contributed by atoms with Crippen LogP contribution in [0.2, 0.25) is 0 Å². The molecule has 0 spiro atoms. The van der Waals surface area contributed by atoms with Gasteiger partial charge in [-0.3, -0.25) is 4.98 Å². The molecule has 2 aromatic rings. The maximum Gasteiger partial charge on any atom is 0.138 e. The highest BCUT2D eigenvalue weighted by Gasteiger charge is 2.08. The molecule has 2 rings (SSSR count). The zero-order chi connectivity index (χ0) is 15.1. The Bertz CT molecular complexity index is 585. The summed E-state index contributed by atoms with van der Waals surface area (Å²) < 4.78 is 10.9. The molecule has 0 bridgehead atoms. The van der Waals surface area contributed by atoms with Crippen LogP contribution in [0.15, 0.2) is 36.7 Å². The van der Waals surface area contributed by atoms with Crippen molar-refractivity contribution in [2.45, 2.75) is 20.4 Å². The maximum atomic E-state index is 5.53. The Labute approximate surface area is 126 Å². The summed E-state index contributed by atoms with van der Waals surface area (Å²) in [6, 6.07) is 8.12. The molecule has 0 radical (unpaired) electrons. The van der Waals surface area contributed by atoms with Crippen LogP contribution < -0.4 is 14.8 Å². The predicted molar refractivity (Wildman–Crippen MR) is 84.8 cm³/mol. The topological polar surface area (TPSA) is 43.4 Å². The van der Waals surface area contributed by atoms with Gasteiger partial charge in [-0.25, -0.2) is 0 Å². The lowest BCUT2D eigenvalue weighted by atomic mass is 10.0. The van der Waals surface area contributed by atoms with Gasteiger partial charge in [0, 0.05) is 18.3 Å². The molecule has 0 unspecified atom stereocenters. The van der Waals surface area contributed by atoms with Crippen molar-refractivity contribution in [3.8, 4) is 22.6 Å². The van der Waals surface area contributed by atoms with Gasteiger partial charge in [0.1, 0.15) is 11.5 Å². The summed E-state index contributed by atoms with van der Waals surface area (Å²) in [7, 11) is 1.68. The van der Waals surface area contributed by atoms with Crippen LogP contribution in [0.25, 0.3) is 11.1 Å². The van der Waals surface area contributed by atoms with E-state index in [1.807, 2.05) is 25.3 Å². The molecule has 1 heterocycles.